The number of rotatable bonds is 2. The van der Waals surface area contributed by atoms with Crippen molar-refractivity contribution >= 4 is 17.0 Å². The molecule has 0 unspecified atom stereocenters. The van der Waals surface area contributed by atoms with Gasteiger partial charge in [0, 0.05) is 29.2 Å². The second-order valence-corrected chi connectivity index (χ2v) is 5.33. The Morgan fingerprint density at radius 1 is 1.41 bits per heavy atom. The molecule has 4 rings (SSSR count). The molecule has 1 saturated heterocycles. The molecule has 0 spiro atoms. The Hall–Kier alpha value is -2.83. The van der Waals surface area contributed by atoms with Crippen molar-refractivity contribution in [3.05, 3.63) is 36.4 Å². The van der Waals surface area contributed by atoms with Crippen LogP contribution in [0.25, 0.3) is 22.3 Å². The normalized spacial score (nSPS) is 18.2. The van der Waals surface area contributed by atoms with Gasteiger partial charge in [-0.05, 0) is 25.0 Å². The van der Waals surface area contributed by atoms with E-state index in [-0.39, 0.29) is 6.04 Å². The van der Waals surface area contributed by atoms with Gasteiger partial charge in [0.15, 0.2) is 0 Å². The van der Waals surface area contributed by atoms with Gasteiger partial charge in [-0.25, -0.2) is 4.79 Å². The Morgan fingerprint density at radius 3 is 3.18 bits per heavy atom. The van der Waals surface area contributed by atoms with Crippen LogP contribution in [-0.2, 0) is 0 Å². The fourth-order valence-corrected chi connectivity index (χ4v) is 3.01. The first kappa shape index (κ1) is 12.9. The molecule has 1 atom stereocenters. The van der Waals surface area contributed by atoms with Crippen LogP contribution in [0.4, 0.5) is 4.79 Å². The Balaban J connectivity index is 1.73. The summed E-state index contributed by atoms with van der Waals surface area (Å²) in [7, 11) is 0. The SMILES string of the molecule is O=C(O)N1CCC[C@H]1c1nc(-c2cccc3[nH]ccc23)no1. The zero-order valence-corrected chi connectivity index (χ0v) is 11.7. The molecule has 2 aromatic heterocycles. The second-order valence-electron chi connectivity index (χ2n) is 5.33. The average Bonchev–Trinajstić information content (AvgIpc) is 3.25. The summed E-state index contributed by atoms with van der Waals surface area (Å²) in [6.07, 6.45) is 2.43. The number of aromatic nitrogens is 3. The molecular weight excluding hydrogens is 284 g/mol. The summed E-state index contributed by atoms with van der Waals surface area (Å²) in [5.74, 6) is 0.847. The van der Waals surface area contributed by atoms with Crippen molar-refractivity contribution in [2.45, 2.75) is 18.9 Å². The van der Waals surface area contributed by atoms with Gasteiger partial charge in [0.25, 0.3) is 0 Å². The van der Waals surface area contributed by atoms with Gasteiger partial charge in [-0.3, -0.25) is 4.90 Å². The number of fused-ring (bicyclic) bond motifs is 1. The molecule has 1 aromatic carbocycles. The maximum Gasteiger partial charge on any atom is 0.407 e. The van der Waals surface area contributed by atoms with Crippen molar-refractivity contribution in [3.63, 3.8) is 0 Å². The molecule has 1 aliphatic heterocycles. The van der Waals surface area contributed by atoms with Crippen LogP contribution < -0.4 is 0 Å². The summed E-state index contributed by atoms with van der Waals surface area (Å²) < 4.78 is 5.33. The summed E-state index contributed by atoms with van der Waals surface area (Å²) in [5.41, 5.74) is 1.87. The number of amides is 1. The van der Waals surface area contributed by atoms with E-state index in [9.17, 15) is 9.90 Å². The largest absolute Gasteiger partial charge is 0.465 e. The minimum absolute atomic E-state index is 0.343. The van der Waals surface area contributed by atoms with E-state index >= 15 is 0 Å². The first-order valence-electron chi connectivity index (χ1n) is 7.13. The van der Waals surface area contributed by atoms with Crippen molar-refractivity contribution in [2.75, 3.05) is 6.54 Å². The van der Waals surface area contributed by atoms with E-state index < -0.39 is 6.09 Å². The maximum atomic E-state index is 11.2. The van der Waals surface area contributed by atoms with E-state index in [1.165, 1.54) is 4.90 Å². The van der Waals surface area contributed by atoms with Crippen LogP contribution in [-0.4, -0.2) is 37.8 Å². The molecule has 22 heavy (non-hydrogen) atoms. The quantitative estimate of drug-likeness (QED) is 0.758. The highest BCUT2D eigenvalue weighted by molar-refractivity contribution is 5.93. The fraction of sp³-hybridized carbons (Fsp3) is 0.267. The highest BCUT2D eigenvalue weighted by Gasteiger charge is 2.34. The third-order valence-corrected chi connectivity index (χ3v) is 4.06. The number of likely N-dealkylation sites (tertiary alicyclic amines) is 1. The molecule has 112 valence electrons. The van der Waals surface area contributed by atoms with Gasteiger partial charge in [-0.2, -0.15) is 4.98 Å². The summed E-state index contributed by atoms with van der Waals surface area (Å²) >= 11 is 0. The van der Waals surface area contributed by atoms with Crippen LogP contribution in [0.3, 0.4) is 0 Å². The number of hydrogen-bond donors (Lipinski definition) is 2. The molecular formula is C15H14N4O3. The third kappa shape index (κ3) is 1.93. The number of nitrogens with one attached hydrogen (secondary N) is 1. The third-order valence-electron chi connectivity index (χ3n) is 4.06. The number of carboxylic acid groups (broad SMARTS) is 1. The van der Waals surface area contributed by atoms with Gasteiger partial charge in [0.1, 0.15) is 6.04 Å². The minimum Gasteiger partial charge on any atom is -0.465 e. The van der Waals surface area contributed by atoms with Gasteiger partial charge in [-0.1, -0.05) is 17.3 Å². The van der Waals surface area contributed by atoms with Gasteiger partial charge in [-0.15, -0.1) is 0 Å². The lowest BCUT2D eigenvalue weighted by Gasteiger charge is -2.17. The smallest absolute Gasteiger partial charge is 0.407 e. The molecule has 0 radical (unpaired) electrons. The van der Waals surface area contributed by atoms with Crippen LogP contribution in [0.15, 0.2) is 35.0 Å². The molecule has 7 heteroatoms. The lowest BCUT2D eigenvalue weighted by Crippen LogP contribution is -2.28. The van der Waals surface area contributed by atoms with Crippen molar-refractivity contribution in [3.8, 4) is 11.4 Å². The zero-order chi connectivity index (χ0) is 15.1. The Kier molecular flexibility index (Phi) is 2.85. The maximum absolute atomic E-state index is 11.2. The molecule has 0 saturated carbocycles. The number of aromatic amines is 1. The van der Waals surface area contributed by atoms with Crippen molar-refractivity contribution < 1.29 is 14.4 Å². The predicted octanol–water partition coefficient (Wildman–Crippen LogP) is 3.03. The number of carbonyl (C=O) groups is 1. The van der Waals surface area contributed by atoms with Crippen LogP contribution >= 0.6 is 0 Å². The molecule has 7 nitrogen and oxygen atoms in total. The summed E-state index contributed by atoms with van der Waals surface area (Å²) in [4.78, 5) is 20.2. The fourth-order valence-electron chi connectivity index (χ4n) is 3.01. The summed E-state index contributed by atoms with van der Waals surface area (Å²) in [6, 6.07) is 7.43. The first-order valence-corrected chi connectivity index (χ1v) is 7.13. The summed E-state index contributed by atoms with van der Waals surface area (Å²) in [5, 5.41) is 14.3. The van der Waals surface area contributed by atoms with Crippen LogP contribution in [0.2, 0.25) is 0 Å². The van der Waals surface area contributed by atoms with E-state index in [0.717, 1.165) is 22.9 Å². The minimum atomic E-state index is -0.949. The van der Waals surface area contributed by atoms with Gasteiger partial charge < -0.3 is 14.6 Å². The second kappa shape index (κ2) is 4.87. The molecule has 2 N–H and O–H groups in total. The van der Waals surface area contributed by atoms with Crippen LogP contribution in [0.5, 0.6) is 0 Å². The Morgan fingerprint density at radius 2 is 2.32 bits per heavy atom. The van der Waals surface area contributed by atoms with Crippen molar-refractivity contribution in [1.82, 2.24) is 20.0 Å². The number of hydrogen-bond acceptors (Lipinski definition) is 4. The van der Waals surface area contributed by atoms with E-state index in [1.807, 2.05) is 30.5 Å². The molecule has 0 bridgehead atoms. The lowest BCUT2D eigenvalue weighted by atomic mass is 10.1. The topological polar surface area (TPSA) is 95.2 Å². The van der Waals surface area contributed by atoms with Crippen molar-refractivity contribution in [2.24, 2.45) is 0 Å². The van der Waals surface area contributed by atoms with E-state index in [0.29, 0.717) is 24.7 Å². The lowest BCUT2D eigenvalue weighted by molar-refractivity contribution is 0.131. The van der Waals surface area contributed by atoms with E-state index in [2.05, 4.69) is 15.1 Å². The highest BCUT2D eigenvalue weighted by Crippen LogP contribution is 2.33. The molecule has 3 aromatic rings. The van der Waals surface area contributed by atoms with E-state index in [1.54, 1.807) is 0 Å². The highest BCUT2D eigenvalue weighted by atomic mass is 16.5. The molecule has 0 aliphatic carbocycles. The standard InChI is InChI=1S/C15H14N4O3/c20-15(21)19-8-2-5-12(19)14-17-13(18-22-14)10-3-1-4-11-9(10)6-7-16-11/h1,3-4,6-7,12,16H,2,5,8H2,(H,20,21)/t12-/m0/s1. The van der Waals surface area contributed by atoms with Gasteiger partial charge >= 0.3 is 6.09 Å². The Labute approximate surface area is 125 Å². The molecule has 1 fully saturated rings. The monoisotopic (exact) mass is 298 g/mol. The molecule has 3 heterocycles. The van der Waals surface area contributed by atoms with Gasteiger partial charge in [0.05, 0.1) is 0 Å². The van der Waals surface area contributed by atoms with Gasteiger partial charge in [0.2, 0.25) is 11.7 Å². The number of nitrogens with zero attached hydrogens (tertiary/aromatic N) is 3. The van der Waals surface area contributed by atoms with E-state index in [4.69, 9.17) is 4.52 Å². The summed E-state index contributed by atoms with van der Waals surface area (Å²) in [6.45, 7) is 0.505. The predicted molar refractivity (Wildman–Crippen MR) is 78.3 cm³/mol. The van der Waals surface area contributed by atoms with Crippen molar-refractivity contribution in [1.29, 1.82) is 0 Å². The Bertz CT molecular complexity index is 838. The number of H-pyrrole nitrogens is 1. The van der Waals surface area contributed by atoms with Crippen LogP contribution in [0, 0.1) is 0 Å². The first-order chi connectivity index (χ1) is 10.7. The average molecular weight is 298 g/mol. The molecule has 1 aliphatic rings. The van der Waals surface area contributed by atoms with Crippen LogP contribution in [0.1, 0.15) is 24.8 Å². The number of benzene rings is 1. The molecule has 1 amide bonds. The zero-order valence-electron chi connectivity index (χ0n) is 11.7.